The highest BCUT2D eigenvalue weighted by atomic mass is 32.1. The molecule has 7 nitrogen and oxygen atoms in total. The van der Waals surface area contributed by atoms with Gasteiger partial charge in [-0.15, -0.1) is 0 Å². The Kier molecular flexibility index (Phi) is 11.9. The normalized spacial score (nSPS) is 12.8. The molecule has 0 radical (unpaired) electrons. The number of hydrogen-bond donors (Lipinski definition) is 3. The smallest absolute Gasteiger partial charge is 0.408 e. The number of anilines is 1. The number of aryl methyl sites for hydroxylation is 4. The summed E-state index contributed by atoms with van der Waals surface area (Å²) in [7, 11) is 0. The van der Waals surface area contributed by atoms with Gasteiger partial charge in [-0.2, -0.15) is 12.6 Å². The van der Waals surface area contributed by atoms with Crippen LogP contribution in [0.1, 0.15) is 80.8 Å². The summed E-state index contributed by atoms with van der Waals surface area (Å²) in [6, 6.07) is 9.88. The van der Waals surface area contributed by atoms with Crippen molar-refractivity contribution >= 4 is 36.2 Å². The molecule has 2 unspecified atom stereocenters. The molecule has 2 aromatic rings. The summed E-state index contributed by atoms with van der Waals surface area (Å²) in [5.74, 6) is -0.629. The Morgan fingerprint density at radius 1 is 0.974 bits per heavy atom. The van der Waals surface area contributed by atoms with Gasteiger partial charge in [-0.3, -0.25) is 9.59 Å². The maximum absolute atomic E-state index is 14.1. The molecule has 0 saturated carbocycles. The second-order valence-electron chi connectivity index (χ2n) is 11.1. The standard InChI is InChI=1S/C31H45N3O4S/c1-9-10-11-17-34(29(36)25(19-39)32-30(37)38-31(6,7)8)27(24-18-20(2)15-16-21(24)3)28(35)33-26-22(4)13-12-14-23(26)5/h12-16,18,25,27,39H,9-11,17,19H2,1-8H3,(H,32,37)(H,33,35). The molecule has 2 N–H and O–H groups in total. The summed E-state index contributed by atoms with van der Waals surface area (Å²) < 4.78 is 5.40. The summed E-state index contributed by atoms with van der Waals surface area (Å²) in [5, 5.41) is 5.79. The van der Waals surface area contributed by atoms with Crippen LogP contribution in [0.3, 0.4) is 0 Å². The minimum Gasteiger partial charge on any atom is -0.444 e. The molecular weight excluding hydrogens is 510 g/mol. The quantitative estimate of drug-likeness (QED) is 0.220. The highest BCUT2D eigenvalue weighted by Crippen LogP contribution is 2.30. The largest absolute Gasteiger partial charge is 0.444 e. The fraction of sp³-hybridized carbons (Fsp3) is 0.516. The lowest BCUT2D eigenvalue weighted by Gasteiger charge is -2.35. The average Bonchev–Trinajstić information content (AvgIpc) is 2.84. The van der Waals surface area contributed by atoms with E-state index in [0.717, 1.165) is 46.3 Å². The number of carbonyl (C=O) groups is 3. The first-order valence-corrected chi connectivity index (χ1v) is 14.3. The number of unbranched alkanes of at least 4 members (excludes halogenated alkanes) is 2. The SMILES string of the molecule is CCCCCN(C(=O)C(CS)NC(=O)OC(C)(C)C)C(C(=O)Nc1c(C)cccc1C)c1cc(C)ccc1C. The van der Waals surface area contributed by atoms with Crippen molar-refractivity contribution in [1.82, 2.24) is 10.2 Å². The molecule has 2 atom stereocenters. The molecule has 8 heteroatoms. The van der Waals surface area contributed by atoms with Crippen LogP contribution in [-0.4, -0.2) is 46.7 Å². The molecule has 0 spiro atoms. The van der Waals surface area contributed by atoms with Crippen LogP contribution in [-0.2, 0) is 14.3 Å². The second kappa shape index (κ2) is 14.4. The first kappa shape index (κ1) is 32.2. The van der Waals surface area contributed by atoms with Crippen molar-refractivity contribution in [3.05, 3.63) is 64.2 Å². The molecule has 0 aliphatic rings. The van der Waals surface area contributed by atoms with Crippen LogP contribution < -0.4 is 10.6 Å². The zero-order valence-electron chi connectivity index (χ0n) is 24.7. The van der Waals surface area contributed by atoms with Crippen molar-refractivity contribution in [2.75, 3.05) is 17.6 Å². The Balaban J connectivity index is 2.58. The van der Waals surface area contributed by atoms with Gasteiger partial charge in [0.05, 0.1) is 0 Å². The molecule has 0 fully saturated rings. The number of benzene rings is 2. The zero-order chi connectivity index (χ0) is 29.3. The van der Waals surface area contributed by atoms with Crippen LogP contribution in [0.15, 0.2) is 36.4 Å². The number of nitrogens with zero attached hydrogens (tertiary/aromatic N) is 1. The number of nitrogens with one attached hydrogen (secondary N) is 2. The van der Waals surface area contributed by atoms with E-state index in [2.05, 4.69) is 30.2 Å². The lowest BCUT2D eigenvalue weighted by molar-refractivity contribution is -0.140. The molecule has 0 aromatic heterocycles. The third-order valence-electron chi connectivity index (χ3n) is 6.48. The van der Waals surface area contributed by atoms with Crippen molar-refractivity contribution in [2.45, 2.75) is 92.3 Å². The molecule has 39 heavy (non-hydrogen) atoms. The van der Waals surface area contributed by atoms with Gasteiger partial charge in [-0.1, -0.05) is 61.7 Å². The summed E-state index contributed by atoms with van der Waals surface area (Å²) in [5.41, 5.74) is 4.52. The van der Waals surface area contributed by atoms with Crippen LogP contribution in [0.25, 0.3) is 0 Å². The molecular formula is C31H45N3O4S. The van der Waals surface area contributed by atoms with Crippen LogP contribution >= 0.6 is 12.6 Å². The van der Waals surface area contributed by atoms with E-state index in [4.69, 9.17) is 4.74 Å². The van der Waals surface area contributed by atoms with E-state index in [0.29, 0.717) is 13.0 Å². The third-order valence-corrected chi connectivity index (χ3v) is 6.84. The predicted molar refractivity (Wildman–Crippen MR) is 161 cm³/mol. The van der Waals surface area contributed by atoms with E-state index in [-0.39, 0.29) is 17.6 Å². The van der Waals surface area contributed by atoms with Crippen molar-refractivity contribution in [2.24, 2.45) is 0 Å². The van der Waals surface area contributed by atoms with E-state index in [1.807, 2.05) is 64.1 Å². The number of hydrogen-bond acceptors (Lipinski definition) is 5. The van der Waals surface area contributed by atoms with Gasteiger partial charge in [0.1, 0.15) is 17.7 Å². The Hall–Kier alpha value is -3.00. The highest BCUT2D eigenvalue weighted by Gasteiger charge is 2.36. The fourth-order valence-corrected chi connectivity index (χ4v) is 4.69. The zero-order valence-corrected chi connectivity index (χ0v) is 25.6. The first-order chi connectivity index (χ1) is 18.3. The summed E-state index contributed by atoms with van der Waals surface area (Å²) in [6.07, 6.45) is 1.86. The van der Waals surface area contributed by atoms with Gasteiger partial charge in [0.25, 0.3) is 5.91 Å². The first-order valence-electron chi connectivity index (χ1n) is 13.6. The van der Waals surface area contributed by atoms with E-state index >= 15 is 0 Å². The Morgan fingerprint density at radius 3 is 2.18 bits per heavy atom. The molecule has 0 bridgehead atoms. The maximum Gasteiger partial charge on any atom is 0.408 e. The number of para-hydroxylation sites is 1. The number of alkyl carbamates (subject to hydrolysis) is 1. The van der Waals surface area contributed by atoms with Crippen LogP contribution in [0.5, 0.6) is 0 Å². The minimum atomic E-state index is -0.967. The highest BCUT2D eigenvalue weighted by molar-refractivity contribution is 7.80. The lowest BCUT2D eigenvalue weighted by Crippen LogP contribution is -2.53. The van der Waals surface area contributed by atoms with Gasteiger partial charge in [0.15, 0.2) is 0 Å². The summed E-state index contributed by atoms with van der Waals surface area (Å²) >= 11 is 4.38. The van der Waals surface area contributed by atoms with Gasteiger partial charge < -0.3 is 20.3 Å². The summed E-state index contributed by atoms with van der Waals surface area (Å²) in [4.78, 5) is 42.4. The van der Waals surface area contributed by atoms with E-state index < -0.39 is 23.8 Å². The van der Waals surface area contributed by atoms with Crippen LogP contribution in [0, 0.1) is 27.7 Å². The number of rotatable bonds is 11. The molecule has 2 rings (SSSR count). The maximum atomic E-state index is 14.1. The Labute approximate surface area is 239 Å². The molecule has 2 aromatic carbocycles. The van der Waals surface area contributed by atoms with Crippen LogP contribution in [0.2, 0.25) is 0 Å². The monoisotopic (exact) mass is 555 g/mol. The van der Waals surface area contributed by atoms with E-state index in [1.165, 1.54) is 0 Å². The molecule has 214 valence electrons. The molecule has 0 saturated heterocycles. The average molecular weight is 556 g/mol. The molecule has 0 aliphatic heterocycles. The van der Waals surface area contributed by atoms with Gasteiger partial charge in [-0.25, -0.2) is 4.79 Å². The van der Waals surface area contributed by atoms with Gasteiger partial charge >= 0.3 is 6.09 Å². The van der Waals surface area contributed by atoms with Gasteiger partial charge in [-0.05, 0) is 77.1 Å². The molecule has 3 amide bonds. The number of carbonyl (C=O) groups excluding carboxylic acids is 3. The minimum absolute atomic E-state index is 0.0559. The number of ether oxygens (including phenoxy) is 1. The van der Waals surface area contributed by atoms with Crippen LogP contribution in [0.4, 0.5) is 10.5 Å². The molecule has 0 heterocycles. The van der Waals surface area contributed by atoms with Crippen molar-refractivity contribution in [1.29, 1.82) is 0 Å². The summed E-state index contributed by atoms with van der Waals surface area (Å²) in [6.45, 7) is 15.5. The fourth-order valence-electron chi connectivity index (χ4n) is 4.44. The predicted octanol–water partition coefficient (Wildman–Crippen LogP) is 6.44. The van der Waals surface area contributed by atoms with Crippen molar-refractivity contribution < 1.29 is 19.1 Å². The van der Waals surface area contributed by atoms with E-state index in [1.54, 1.807) is 25.7 Å². The van der Waals surface area contributed by atoms with Gasteiger partial charge in [0, 0.05) is 18.0 Å². The lowest BCUT2D eigenvalue weighted by atomic mass is 9.95. The Morgan fingerprint density at radius 2 is 1.62 bits per heavy atom. The second-order valence-corrected chi connectivity index (χ2v) is 11.5. The topological polar surface area (TPSA) is 87.7 Å². The van der Waals surface area contributed by atoms with E-state index in [9.17, 15) is 14.4 Å². The molecule has 0 aliphatic carbocycles. The van der Waals surface area contributed by atoms with Crippen molar-refractivity contribution in [3.63, 3.8) is 0 Å². The number of thiol groups is 1. The van der Waals surface area contributed by atoms with Crippen molar-refractivity contribution in [3.8, 4) is 0 Å². The van der Waals surface area contributed by atoms with Gasteiger partial charge in [0.2, 0.25) is 5.91 Å². The third kappa shape index (κ3) is 9.31. The Bertz CT molecular complexity index is 1140. The number of amides is 3.